The Morgan fingerprint density at radius 1 is 1.33 bits per heavy atom. The van der Waals surface area contributed by atoms with Crippen LogP contribution in [0.15, 0.2) is 0 Å². The van der Waals surface area contributed by atoms with Gasteiger partial charge in [0.05, 0.1) is 25.0 Å². The summed E-state index contributed by atoms with van der Waals surface area (Å²) in [7, 11) is 0. The molecule has 2 aliphatic heterocycles. The number of ether oxygens (including phenoxy) is 1. The molecular weight excluding hydrogens is 236 g/mol. The predicted octanol–water partition coefficient (Wildman–Crippen LogP) is -0.892. The largest absolute Gasteiger partial charge is 0.481 e. The molecule has 6 heteroatoms. The number of piperidine rings is 1. The topological polar surface area (TPSA) is 70.1 Å². The van der Waals surface area contributed by atoms with Crippen molar-refractivity contribution in [3.05, 3.63) is 0 Å². The van der Waals surface area contributed by atoms with E-state index in [0.29, 0.717) is 6.54 Å². The van der Waals surface area contributed by atoms with E-state index in [1.807, 2.05) is 4.90 Å². The molecule has 2 saturated heterocycles. The molecular formula is C12H18N2O4. The van der Waals surface area contributed by atoms with Crippen molar-refractivity contribution in [1.82, 2.24) is 9.80 Å². The van der Waals surface area contributed by atoms with Crippen LogP contribution in [-0.2, 0) is 14.3 Å². The lowest BCUT2D eigenvalue weighted by molar-refractivity contribution is -0.142. The summed E-state index contributed by atoms with van der Waals surface area (Å²) >= 11 is 0. The van der Waals surface area contributed by atoms with Crippen LogP contribution < -0.4 is 0 Å². The van der Waals surface area contributed by atoms with Crippen LogP contribution in [0.25, 0.3) is 0 Å². The van der Waals surface area contributed by atoms with E-state index < -0.39 is 11.9 Å². The van der Waals surface area contributed by atoms with E-state index in [0.717, 1.165) is 39.4 Å². The van der Waals surface area contributed by atoms with Gasteiger partial charge in [-0.15, -0.1) is 0 Å². The van der Waals surface area contributed by atoms with Crippen molar-refractivity contribution in [3.8, 4) is 0 Å². The predicted molar refractivity (Wildman–Crippen MR) is 61.9 cm³/mol. The molecule has 100 valence electrons. The Morgan fingerprint density at radius 2 is 2.06 bits per heavy atom. The van der Waals surface area contributed by atoms with E-state index in [1.165, 1.54) is 0 Å². The van der Waals surface area contributed by atoms with E-state index in [-0.39, 0.29) is 17.7 Å². The standard InChI is InChI=1S/C12H18N2O4/c15-11-9-8(10(9)12(16)17)7-14(11)2-1-13-3-5-18-6-4-13/h8-10H,1-7H2,(H,16,17). The Hall–Kier alpha value is -1.14. The smallest absolute Gasteiger partial charge is 0.307 e. The number of carbonyl (C=O) groups excluding carboxylic acids is 1. The third-order valence-corrected chi connectivity index (χ3v) is 4.27. The highest BCUT2D eigenvalue weighted by atomic mass is 16.5. The second kappa shape index (κ2) is 4.51. The van der Waals surface area contributed by atoms with Crippen LogP contribution in [0.4, 0.5) is 0 Å². The lowest BCUT2D eigenvalue weighted by atomic mass is 10.2. The number of amides is 1. The number of hydrogen-bond acceptors (Lipinski definition) is 4. The van der Waals surface area contributed by atoms with Gasteiger partial charge in [0.2, 0.25) is 5.91 Å². The number of nitrogens with zero attached hydrogens (tertiary/aromatic N) is 2. The van der Waals surface area contributed by atoms with Crippen molar-refractivity contribution in [2.24, 2.45) is 17.8 Å². The minimum Gasteiger partial charge on any atom is -0.481 e. The van der Waals surface area contributed by atoms with Crippen LogP contribution in [0.3, 0.4) is 0 Å². The molecule has 3 rings (SSSR count). The van der Waals surface area contributed by atoms with Gasteiger partial charge in [-0.1, -0.05) is 0 Å². The molecule has 0 bridgehead atoms. The Labute approximate surface area is 105 Å². The summed E-state index contributed by atoms with van der Waals surface area (Å²) in [6, 6.07) is 0. The molecule has 1 saturated carbocycles. The number of aliphatic carboxylic acids is 1. The van der Waals surface area contributed by atoms with Crippen molar-refractivity contribution >= 4 is 11.9 Å². The third kappa shape index (κ3) is 1.99. The summed E-state index contributed by atoms with van der Waals surface area (Å²) in [5, 5.41) is 8.90. The number of fused-ring (bicyclic) bond motifs is 1. The average Bonchev–Trinajstić information content (AvgIpc) is 3.01. The molecule has 3 fully saturated rings. The van der Waals surface area contributed by atoms with E-state index >= 15 is 0 Å². The Balaban J connectivity index is 1.46. The van der Waals surface area contributed by atoms with E-state index in [4.69, 9.17) is 9.84 Å². The fourth-order valence-corrected chi connectivity index (χ4v) is 3.12. The first kappa shape index (κ1) is 11.9. The van der Waals surface area contributed by atoms with Gasteiger partial charge in [-0.2, -0.15) is 0 Å². The quantitative estimate of drug-likeness (QED) is 0.704. The Bertz CT molecular complexity index is 367. The molecule has 0 aromatic heterocycles. The summed E-state index contributed by atoms with van der Waals surface area (Å²) in [6.07, 6.45) is 0. The van der Waals surface area contributed by atoms with E-state index in [2.05, 4.69) is 4.90 Å². The molecule has 1 N–H and O–H groups in total. The summed E-state index contributed by atoms with van der Waals surface area (Å²) in [5.74, 6) is -1.34. The second-order valence-electron chi connectivity index (χ2n) is 5.29. The molecule has 3 aliphatic rings. The lowest BCUT2D eigenvalue weighted by Crippen LogP contribution is -2.43. The molecule has 0 aromatic carbocycles. The van der Waals surface area contributed by atoms with Gasteiger partial charge in [0.1, 0.15) is 0 Å². The number of hydrogen-bond donors (Lipinski definition) is 1. The molecule has 3 atom stereocenters. The molecule has 1 amide bonds. The van der Waals surface area contributed by atoms with Gasteiger partial charge in [-0.05, 0) is 0 Å². The Kier molecular flexibility index (Phi) is 2.99. The lowest BCUT2D eigenvalue weighted by Gasteiger charge is -2.29. The van der Waals surface area contributed by atoms with Crippen molar-refractivity contribution in [3.63, 3.8) is 0 Å². The molecule has 3 unspecified atom stereocenters. The zero-order chi connectivity index (χ0) is 12.7. The van der Waals surface area contributed by atoms with Crippen LogP contribution >= 0.6 is 0 Å². The molecule has 18 heavy (non-hydrogen) atoms. The van der Waals surface area contributed by atoms with E-state index in [9.17, 15) is 9.59 Å². The average molecular weight is 254 g/mol. The van der Waals surface area contributed by atoms with Gasteiger partial charge in [0.15, 0.2) is 0 Å². The van der Waals surface area contributed by atoms with Gasteiger partial charge < -0.3 is 14.7 Å². The van der Waals surface area contributed by atoms with Crippen molar-refractivity contribution in [1.29, 1.82) is 0 Å². The minimum absolute atomic E-state index is 0.0423. The summed E-state index contributed by atoms with van der Waals surface area (Å²) in [4.78, 5) is 26.9. The molecule has 0 spiro atoms. The molecule has 0 radical (unpaired) electrons. The highest BCUT2D eigenvalue weighted by Gasteiger charge is 2.64. The summed E-state index contributed by atoms with van der Waals surface area (Å²) in [5.41, 5.74) is 0. The highest BCUT2D eigenvalue weighted by Crippen LogP contribution is 2.52. The van der Waals surface area contributed by atoms with Crippen LogP contribution in [-0.4, -0.2) is 72.7 Å². The minimum atomic E-state index is -0.814. The van der Waals surface area contributed by atoms with Gasteiger partial charge in [0, 0.05) is 38.6 Å². The fraction of sp³-hybridized carbons (Fsp3) is 0.833. The summed E-state index contributed by atoms with van der Waals surface area (Å²) < 4.78 is 5.27. The first-order valence-electron chi connectivity index (χ1n) is 6.50. The number of morpholine rings is 1. The van der Waals surface area contributed by atoms with Crippen LogP contribution in [0, 0.1) is 17.8 Å². The molecule has 2 heterocycles. The maximum absolute atomic E-state index is 12.0. The maximum atomic E-state index is 12.0. The number of carboxylic acids is 1. The van der Waals surface area contributed by atoms with Crippen LogP contribution in [0.2, 0.25) is 0 Å². The highest BCUT2D eigenvalue weighted by molar-refractivity contribution is 5.93. The Morgan fingerprint density at radius 3 is 2.61 bits per heavy atom. The molecule has 6 nitrogen and oxygen atoms in total. The number of carboxylic acid groups (broad SMARTS) is 1. The van der Waals surface area contributed by atoms with Gasteiger partial charge in [-0.3, -0.25) is 14.5 Å². The SMILES string of the molecule is O=C(O)C1C2CN(CCN3CCOCC3)C(=O)C21. The first-order chi connectivity index (χ1) is 8.68. The maximum Gasteiger partial charge on any atom is 0.307 e. The van der Waals surface area contributed by atoms with E-state index in [1.54, 1.807) is 0 Å². The molecule has 1 aliphatic carbocycles. The zero-order valence-corrected chi connectivity index (χ0v) is 10.2. The van der Waals surface area contributed by atoms with Crippen LogP contribution in [0.5, 0.6) is 0 Å². The number of rotatable bonds is 4. The van der Waals surface area contributed by atoms with Crippen molar-refractivity contribution < 1.29 is 19.4 Å². The number of likely N-dealkylation sites (tertiary alicyclic amines) is 1. The first-order valence-corrected chi connectivity index (χ1v) is 6.50. The molecule has 0 aromatic rings. The second-order valence-corrected chi connectivity index (χ2v) is 5.29. The van der Waals surface area contributed by atoms with Crippen LogP contribution in [0.1, 0.15) is 0 Å². The van der Waals surface area contributed by atoms with Gasteiger partial charge >= 0.3 is 5.97 Å². The fourth-order valence-electron chi connectivity index (χ4n) is 3.12. The third-order valence-electron chi connectivity index (χ3n) is 4.27. The number of carbonyl (C=O) groups is 2. The normalized spacial score (nSPS) is 35.7. The van der Waals surface area contributed by atoms with Crippen molar-refractivity contribution in [2.45, 2.75) is 0 Å². The zero-order valence-electron chi connectivity index (χ0n) is 10.2. The summed E-state index contributed by atoms with van der Waals surface area (Å²) in [6.45, 7) is 5.59. The van der Waals surface area contributed by atoms with Crippen molar-refractivity contribution in [2.75, 3.05) is 45.9 Å². The monoisotopic (exact) mass is 254 g/mol. The van der Waals surface area contributed by atoms with Gasteiger partial charge in [0.25, 0.3) is 0 Å². The van der Waals surface area contributed by atoms with Gasteiger partial charge in [-0.25, -0.2) is 0 Å².